The van der Waals surface area contributed by atoms with Crippen molar-refractivity contribution in [2.24, 2.45) is 0 Å². The van der Waals surface area contributed by atoms with E-state index in [-0.39, 0.29) is 5.91 Å². The number of carbonyl (C=O) groups excluding carboxylic acids is 1. The quantitative estimate of drug-likeness (QED) is 0.310. The Balaban J connectivity index is 1.44. The fourth-order valence-electron chi connectivity index (χ4n) is 2.83. The summed E-state index contributed by atoms with van der Waals surface area (Å²) >= 11 is 10.2. The summed E-state index contributed by atoms with van der Waals surface area (Å²) in [5, 5.41) is 0. The van der Waals surface area contributed by atoms with Crippen LogP contribution in [-0.2, 0) is 11.4 Å². The first-order valence-corrected chi connectivity index (χ1v) is 10.9. The number of hydrogen-bond acceptors (Lipinski definition) is 4. The van der Waals surface area contributed by atoms with Gasteiger partial charge in [-0.25, -0.2) is 0 Å². The SMILES string of the molecule is O=C1/C(=C\c2ccc(OCc3ccc(Br)cc3)cc2)SC(=S)N1c1ccccc1. The number of thiocarbonyl (C=S) groups is 1. The zero-order chi connectivity index (χ0) is 20.2. The van der Waals surface area contributed by atoms with Gasteiger partial charge >= 0.3 is 0 Å². The molecule has 4 rings (SSSR count). The Bertz CT molecular complexity index is 1060. The number of rotatable bonds is 5. The van der Waals surface area contributed by atoms with E-state index in [2.05, 4.69) is 15.9 Å². The Labute approximate surface area is 187 Å². The van der Waals surface area contributed by atoms with Crippen molar-refractivity contribution in [3.63, 3.8) is 0 Å². The highest BCUT2D eigenvalue weighted by atomic mass is 79.9. The third-order valence-corrected chi connectivity index (χ3v) is 6.14. The number of thioether (sulfide) groups is 1. The summed E-state index contributed by atoms with van der Waals surface area (Å²) in [5.74, 6) is 0.684. The normalized spacial score (nSPS) is 15.2. The largest absolute Gasteiger partial charge is 0.489 e. The highest BCUT2D eigenvalue weighted by molar-refractivity contribution is 9.10. The first kappa shape index (κ1) is 19.9. The number of halogens is 1. The minimum atomic E-state index is -0.0956. The van der Waals surface area contributed by atoms with Crippen LogP contribution in [-0.4, -0.2) is 10.2 Å². The first-order valence-electron chi connectivity index (χ1n) is 8.90. The lowest BCUT2D eigenvalue weighted by atomic mass is 10.2. The number of anilines is 1. The summed E-state index contributed by atoms with van der Waals surface area (Å²) in [5.41, 5.74) is 2.81. The molecular formula is C23H16BrNO2S2. The lowest BCUT2D eigenvalue weighted by Gasteiger charge is -2.13. The van der Waals surface area contributed by atoms with Crippen LogP contribution in [0.3, 0.4) is 0 Å². The number of hydrogen-bond donors (Lipinski definition) is 0. The van der Waals surface area contributed by atoms with E-state index in [1.807, 2.05) is 84.9 Å². The van der Waals surface area contributed by atoms with Gasteiger partial charge in [-0.05, 0) is 53.6 Å². The molecule has 1 heterocycles. The Morgan fingerprint density at radius 1 is 0.966 bits per heavy atom. The molecule has 0 atom stereocenters. The predicted octanol–water partition coefficient (Wildman–Crippen LogP) is 6.43. The average molecular weight is 482 g/mol. The van der Waals surface area contributed by atoms with Gasteiger partial charge in [0, 0.05) is 4.47 Å². The van der Waals surface area contributed by atoms with Crippen LogP contribution >= 0.6 is 39.9 Å². The Kier molecular flexibility index (Phi) is 6.13. The van der Waals surface area contributed by atoms with E-state index < -0.39 is 0 Å². The molecule has 0 N–H and O–H groups in total. The smallest absolute Gasteiger partial charge is 0.270 e. The van der Waals surface area contributed by atoms with Crippen LogP contribution in [0.25, 0.3) is 6.08 Å². The topological polar surface area (TPSA) is 29.5 Å². The Morgan fingerprint density at radius 3 is 2.34 bits per heavy atom. The first-order chi connectivity index (χ1) is 14.1. The van der Waals surface area contributed by atoms with E-state index in [1.54, 1.807) is 4.90 Å². The summed E-state index contributed by atoms with van der Waals surface area (Å²) in [6, 6.07) is 25.2. The van der Waals surface area contributed by atoms with E-state index in [1.165, 1.54) is 11.8 Å². The summed E-state index contributed by atoms with van der Waals surface area (Å²) in [6.45, 7) is 0.502. The zero-order valence-corrected chi connectivity index (χ0v) is 18.5. The molecule has 1 saturated heterocycles. The molecule has 0 spiro atoms. The fourth-order valence-corrected chi connectivity index (χ4v) is 4.39. The Hall–Kier alpha value is -2.41. The molecule has 0 bridgehead atoms. The monoisotopic (exact) mass is 481 g/mol. The number of amides is 1. The molecule has 1 fully saturated rings. The summed E-state index contributed by atoms with van der Waals surface area (Å²) in [6.07, 6.45) is 1.86. The van der Waals surface area contributed by atoms with Crippen molar-refractivity contribution in [2.75, 3.05) is 4.90 Å². The van der Waals surface area contributed by atoms with Crippen molar-refractivity contribution in [3.8, 4) is 5.75 Å². The second kappa shape index (κ2) is 8.95. The van der Waals surface area contributed by atoms with Crippen molar-refractivity contribution in [3.05, 3.63) is 99.4 Å². The molecule has 0 radical (unpaired) electrons. The molecule has 0 unspecified atom stereocenters. The van der Waals surface area contributed by atoms with Gasteiger partial charge in [0.2, 0.25) is 0 Å². The van der Waals surface area contributed by atoms with E-state index >= 15 is 0 Å². The van der Waals surface area contributed by atoms with Gasteiger partial charge in [-0.3, -0.25) is 9.69 Å². The van der Waals surface area contributed by atoms with Gasteiger partial charge in [0.25, 0.3) is 5.91 Å². The van der Waals surface area contributed by atoms with E-state index in [9.17, 15) is 4.79 Å². The number of ether oxygens (including phenoxy) is 1. The van der Waals surface area contributed by atoms with Crippen LogP contribution in [0.4, 0.5) is 5.69 Å². The van der Waals surface area contributed by atoms with Crippen LogP contribution in [0.1, 0.15) is 11.1 Å². The average Bonchev–Trinajstić information content (AvgIpc) is 3.02. The van der Waals surface area contributed by atoms with Crippen LogP contribution < -0.4 is 9.64 Å². The maximum Gasteiger partial charge on any atom is 0.270 e. The predicted molar refractivity (Wildman–Crippen MR) is 127 cm³/mol. The molecule has 0 aromatic heterocycles. The molecular weight excluding hydrogens is 466 g/mol. The number of nitrogens with zero attached hydrogens (tertiary/aromatic N) is 1. The molecule has 0 aliphatic carbocycles. The highest BCUT2D eigenvalue weighted by Gasteiger charge is 2.33. The zero-order valence-electron chi connectivity index (χ0n) is 15.2. The van der Waals surface area contributed by atoms with Crippen LogP contribution in [0.15, 0.2) is 88.2 Å². The van der Waals surface area contributed by atoms with E-state index in [0.717, 1.165) is 27.0 Å². The number of carbonyl (C=O) groups is 1. The molecule has 3 aromatic carbocycles. The molecule has 144 valence electrons. The molecule has 0 saturated carbocycles. The van der Waals surface area contributed by atoms with Crippen molar-refractivity contribution in [2.45, 2.75) is 6.61 Å². The molecule has 29 heavy (non-hydrogen) atoms. The van der Waals surface area contributed by atoms with Crippen LogP contribution in [0.5, 0.6) is 5.75 Å². The fraction of sp³-hybridized carbons (Fsp3) is 0.0435. The van der Waals surface area contributed by atoms with Crippen molar-refractivity contribution >= 4 is 61.9 Å². The molecule has 1 amide bonds. The summed E-state index contributed by atoms with van der Waals surface area (Å²) in [7, 11) is 0. The number of para-hydroxylation sites is 1. The maximum absolute atomic E-state index is 12.8. The van der Waals surface area contributed by atoms with Gasteiger partial charge in [0.1, 0.15) is 12.4 Å². The van der Waals surface area contributed by atoms with Gasteiger partial charge < -0.3 is 4.74 Å². The molecule has 3 aromatic rings. The minimum absolute atomic E-state index is 0.0956. The van der Waals surface area contributed by atoms with E-state index in [4.69, 9.17) is 17.0 Å². The van der Waals surface area contributed by atoms with E-state index in [0.29, 0.717) is 15.8 Å². The van der Waals surface area contributed by atoms with Gasteiger partial charge in [0.05, 0.1) is 10.6 Å². The van der Waals surface area contributed by atoms with Crippen molar-refractivity contribution < 1.29 is 9.53 Å². The standard InChI is InChI=1S/C23H16BrNO2S2/c24-18-10-6-17(7-11-18)15-27-20-12-8-16(9-13-20)14-21-22(26)25(23(28)29-21)19-4-2-1-3-5-19/h1-14H,15H2/b21-14+. The van der Waals surface area contributed by atoms with Gasteiger partial charge in [-0.1, -0.05) is 82.4 Å². The lowest BCUT2D eigenvalue weighted by molar-refractivity contribution is -0.113. The van der Waals surface area contributed by atoms with Crippen molar-refractivity contribution in [1.29, 1.82) is 0 Å². The maximum atomic E-state index is 12.8. The lowest BCUT2D eigenvalue weighted by Crippen LogP contribution is -2.27. The van der Waals surface area contributed by atoms with Crippen LogP contribution in [0.2, 0.25) is 0 Å². The van der Waals surface area contributed by atoms with Gasteiger partial charge in [-0.15, -0.1) is 0 Å². The molecule has 6 heteroatoms. The molecule has 1 aliphatic heterocycles. The second-order valence-electron chi connectivity index (χ2n) is 6.34. The second-order valence-corrected chi connectivity index (χ2v) is 8.93. The van der Waals surface area contributed by atoms with Crippen molar-refractivity contribution in [1.82, 2.24) is 0 Å². The minimum Gasteiger partial charge on any atom is -0.489 e. The van der Waals surface area contributed by atoms with Gasteiger partial charge in [0.15, 0.2) is 4.32 Å². The summed E-state index contributed by atoms with van der Waals surface area (Å²) in [4.78, 5) is 15.0. The molecule has 1 aliphatic rings. The summed E-state index contributed by atoms with van der Waals surface area (Å²) < 4.78 is 7.42. The highest BCUT2D eigenvalue weighted by Crippen LogP contribution is 2.36. The third-order valence-electron chi connectivity index (χ3n) is 4.30. The van der Waals surface area contributed by atoms with Crippen LogP contribution in [0, 0.1) is 0 Å². The van der Waals surface area contributed by atoms with Gasteiger partial charge in [-0.2, -0.15) is 0 Å². The number of benzene rings is 3. The third kappa shape index (κ3) is 4.78. The molecule has 3 nitrogen and oxygen atoms in total. The Morgan fingerprint density at radius 2 is 1.66 bits per heavy atom.